The second-order valence-electron chi connectivity index (χ2n) is 9.59. The number of aliphatic carboxylic acids is 1. The van der Waals surface area contributed by atoms with Gasteiger partial charge < -0.3 is 5.11 Å². The van der Waals surface area contributed by atoms with Gasteiger partial charge in [0.1, 0.15) is 11.0 Å². The van der Waals surface area contributed by atoms with Gasteiger partial charge in [-0.1, -0.05) is 60.7 Å². The maximum atomic E-state index is 9.00. The minimum absolute atomic E-state index is 0.833. The third-order valence-corrected chi connectivity index (χ3v) is 11.3. The van der Waals surface area contributed by atoms with Crippen molar-refractivity contribution in [1.82, 2.24) is 9.97 Å². The fraction of sp³-hybridized carbons (Fsp3) is 0.0882. The number of carbonyl (C=O) groups is 1. The van der Waals surface area contributed by atoms with Gasteiger partial charge in [0, 0.05) is 52.2 Å². The van der Waals surface area contributed by atoms with Crippen LogP contribution < -0.4 is 0 Å². The molecule has 42 heavy (non-hydrogen) atoms. The van der Waals surface area contributed by atoms with Crippen LogP contribution in [0.5, 0.6) is 0 Å². The number of carboxylic acid groups (broad SMARTS) is 1. The number of aryl methyl sites for hydroxylation is 2. The molecule has 0 spiro atoms. The first-order chi connectivity index (χ1) is 20.4. The molecule has 0 unspecified atom stereocenters. The van der Waals surface area contributed by atoms with Crippen LogP contribution in [-0.4, -0.2) is 21.0 Å². The molecule has 0 amide bonds. The number of aromatic nitrogens is 2. The van der Waals surface area contributed by atoms with Crippen LogP contribution in [0.2, 0.25) is 0 Å². The quantitative estimate of drug-likeness (QED) is 0.207. The summed E-state index contributed by atoms with van der Waals surface area (Å²) in [7, 11) is 0. The fourth-order valence-electron chi connectivity index (χ4n) is 4.61. The standard InChI is InChI=1S/C32H22N2S4.C2H4O2/c1-19-13-14-23(35-19)24-15-16-25(37-24)26-17-18-27(38-26)32-31-28(20(2)36-32)33-29(21-9-5-3-6-10-21)30(34-31)22-11-7-4-8-12-22;1-2(3)4/h3-18H,1-2H3;1H3,(H,3,4). The Kier molecular flexibility index (Phi) is 8.13. The normalized spacial score (nSPS) is 10.9. The van der Waals surface area contributed by atoms with E-state index in [1.807, 2.05) is 46.1 Å². The van der Waals surface area contributed by atoms with Gasteiger partial charge in [-0.2, -0.15) is 0 Å². The van der Waals surface area contributed by atoms with E-state index in [0.717, 1.165) is 40.5 Å². The minimum Gasteiger partial charge on any atom is -0.481 e. The lowest BCUT2D eigenvalue weighted by atomic mass is 10.0. The predicted molar refractivity (Wildman–Crippen MR) is 181 cm³/mol. The number of thiophene rings is 4. The Hall–Kier alpha value is -3.95. The summed E-state index contributed by atoms with van der Waals surface area (Å²) in [6.07, 6.45) is 0. The Labute approximate surface area is 260 Å². The van der Waals surface area contributed by atoms with Crippen LogP contribution in [0.4, 0.5) is 0 Å². The molecular formula is C34H26N2O2S4. The predicted octanol–water partition coefficient (Wildman–Crippen LogP) is 10.9. The van der Waals surface area contributed by atoms with E-state index in [9.17, 15) is 0 Å². The summed E-state index contributed by atoms with van der Waals surface area (Å²) in [4.78, 5) is 29.8. The molecule has 0 atom stereocenters. The summed E-state index contributed by atoms with van der Waals surface area (Å²) in [5, 5.41) is 7.42. The van der Waals surface area contributed by atoms with Gasteiger partial charge in [0.2, 0.25) is 0 Å². The van der Waals surface area contributed by atoms with E-state index in [1.54, 1.807) is 11.3 Å². The third-order valence-electron chi connectivity index (χ3n) is 6.46. The fourth-order valence-corrected chi connectivity index (χ4v) is 8.82. The lowest BCUT2D eigenvalue weighted by Crippen LogP contribution is -1.95. The highest BCUT2D eigenvalue weighted by molar-refractivity contribution is 7.28. The highest BCUT2D eigenvalue weighted by atomic mass is 32.1. The summed E-state index contributed by atoms with van der Waals surface area (Å²) in [5.74, 6) is -0.833. The van der Waals surface area contributed by atoms with E-state index >= 15 is 0 Å². The molecule has 0 aliphatic rings. The topological polar surface area (TPSA) is 63.1 Å². The molecule has 4 nitrogen and oxygen atoms in total. The summed E-state index contributed by atoms with van der Waals surface area (Å²) >= 11 is 7.35. The Morgan fingerprint density at radius 1 is 0.571 bits per heavy atom. The van der Waals surface area contributed by atoms with Crippen molar-refractivity contribution >= 4 is 62.3 Å². The molecule has 0 bridgehead atoms. The largest absolute Gasteiger partial charge is 0.481 e. The molecule has 7 aromatic rings. The van der Waals surface area contributed by atoms with E-state index in [0.29, 0.717) is 0 Å². The van der Waals surface area contributed by atoms with Gasteiger partial charge in [-0.15, -0.1) is 45.3 Å². The number of carboxylic acids is 1. The van der Waals surface area contributed by atoms with Crippen molar-refractivity contribution in [3.05, 3.63) is 107 Å². The van der Waals surface area contributed by atoms with Gasteiger partial charge >= 0.3 is 0 Å². The Bertz CT molecular complexity index is 2000. The van der Waals surface area contributed by atoms with Crippen LogP contribution in [0.3, 0.4) is 0 Å². The second kappa shape index (κ2) is 12.1. The van der Waals surface area contributed by atoms with Crippen molar-refractivity contribution in [2.45, 2.75) is 20.8 Å². The van der Waals surface area contributed by atoms with Crippen molar-refractivity contribution in [3.8, 4) is 51.8 Å². The van der Waals surface area contributed by atoms with Crippen molar-refractivity contribution in [2.75, 3.05) is 0 Å². The van der Waals surface area contributed by atoms with Crippen molar-refractivity contribution < 1.29 is 9.90 Å². The van der Waals surface area contributed by atoms with Gasteiger partial charge in [-0.05, 0) is 50.2 Å². The molecule has 0 saturated heterocycles. The highest BCUT2D eigenvalue weighted by Gasteiger charge is 2.20. The number of nitrogens with zero attached hydrogens (tertiary/aromatic N) is 2. The van der Waals surface area contributed by atoms with Gasteiger partial charge in [0.25, 0.3) is 5.97 Å². The molecule has 2 aromatic carbocycles. The first kappa shape index (κ1) is 28.2. The van der Waals surface area contributed by atoms with Crippen molar-refractivity contribution in [1.29, 1.82) is 0 Å². The monoisotopic (exact) mass is 622 g/mol. The van der Waals surface area contributed by atoms with E-state index < -0.39 is 5.97 Å². The molecule has 0 aliphatic heterocycles. The maximum absolute atomic E-state index is 9.00. The first-order valence-electron chi connectivity index (χ1n) is 13.3. The van der Waals surface area contributed by atoms with Crippen molar-refractivity contribution in [3.63, 3.8) is 0 Å². The van der Waals surface area contributed by atoms with Gasteiger partial charge in [0.05, 0.1) is 16.3 Å². The summed E-state index contributed by atoms with van der Waals surface area (Å²) in [6, 6.07) is 34.2. The molecule has 0 radical (unpaired) electrons. The average Bonchev–Trinajstić information content (AvgIpc) is 3.80. The van der Waals surface area contributed by atoms with Crippen LogP contribution in [0.1, 0.15) is 16.7 Å². The highest BCUT2D eigenvalue weighted by Crippen LogP contribution is 2.46. The molecule has 7 rings (SSSR count). The van der Waals surface area contributed by atoms with E-state index in [2.05, 4.69) is 98.8 Å². The van der Waals surface area contributed by atoms with Gasteiger partial charge in [0.15, 0.2) is 0 Å². The smallest absolute Gasteiger partial charge is 0.300 e. The zero-order chi connectivity index (χ0) is 29.2. The number of hydrogen-bond donors (Lipinski definition) is 1. The summed E-state index contributed by atoms with van der Waals surface area (Å²) in [6.45, 7) is 5.40. The minimum atomic E-state index is -0.833. The van der Waals surface area contributed by atoms with E-state index in [-0.39, 0.29) is 0 Å². The lowest BCUT2D eigenvalue weighted by Gasteiger charge is -2.10. The van der Waals surface area contributed by atoms with E-state index in [1.165, 1.54) is 39.0 Å². The Balaban J connectivity index is 0.000000744. The van der Waals surface area contributed by atoms with E-state index in [4.69, 9.17) is 19.9 Å². The van der Waals surface area contributed by atoms with Crippen molar-refractivity contribution in [2.24, 2.45) is 0 Å². The summed E-state index contributed by atoms with van der Waals surface area (Å²) < 4.78 is 0. The van der Waals surface area contributed by atoms with Crippen LogP contribution in [0, 0.1) is 13.8 Å². The van der Waals surface area contributed by atoms with Crippen LogP contribution in [0.25, 0.3) is 62.8 Å². The molecular weight excluding hydrogens is 597 g/mol. The zero-order valence-electron chi connectivity index (χ0n) is 23.1. The lowest BCUT2D eigenvalue weighted by molar-refractivity contribution is -0.134. The number of rotatable bonds is 5. The van der Waals surface area contributed by atoms with Crippen LogP contribution in [0.15, 0.2) is 97.1 Å². The Morgan fingerprint density at radius 3 is 1.50 bits per heavy atom. The molecule has 0 fully saturated rings. The molecule has 0 aliphatic carbocycles. The number of fused-ring (bicyclic) bond motifs is 1. The van der Waals surface area contributed by atoms with Crippen LogP contribution in [-0.2, 0) is 4.79 Å². The molecule has 208 valence electrons. The maximum Gasteiger partial charge on any atom is 0.300 e. The third kappa shape index (κ3) is 5.84. The van der Waals surface area contributed by atoms with Gasteiger partial charge in [-0.3, -0.25) is 4.79 Å². The number of hydrogen-bond acceptors (Lipinski definition) is 7. The average molecular weight is 623 g/mol. The molecule has 0 saturated carbocycles. The SMILES string of the molecule is CC(=O)O.Cc1ccc(-c2ccc(-c3ccc(-c4sc(C)c5nc(-c6ccccc6)c(-c6ccccc6)nc45)s3)s2)s1. The van der Waals surface area contributed by atoms with Gasteiger partial charge in [-0.25, -0.2) is 9.97 Å². The first-order valence-corrected chi connectivity index (χ1v) is 16.5. The molecule has 5 aromatic heterocycles. The zero-order valence-corrected chi connectivity index (χ0v) is 26.4. The second-order valence-corrected chi connectivity index (χ2v) is 14.3. The van der Waals surface area contributed by atoms with Crippen LogP contribution >= 0.6 is 45.3 Å². The number of benzene rings is 2. The summed E-state index contributed by atoms with van der Waals surface area (Å²) in [5.41, 5.74) is 6.00. The molecule has 1 N–H and O–H groups in total. The Morgan fingerprint density at radius 2 is 1.00 bits per heavy atom. The molecule has 8 heteroatoms. The molecule has 5 heterocycles.